The van der Waals surface area contributed by atoms with Gasteiger partial charge in [-0.25, -0.2) is 4.79 Å². The van der Waals surface area contributed by atoms with Crippen molar-refractivity contribution < 1.29 is 14.3 Å². The highest BCUT2D eigenvalue weighted by molar-refractivity contribution is 5.83. The summed E-state index contributed by atoms with van der Waals surface area (Å²) in [5.74, 6) is -0.472. The molecule has 0 spiro atoms. The number of aromatic nitrogens is 1. The molecule has 3 aromatic rings. The summed E-state index contributed by atoms with van der Waals surface area (Å²) in [6, 6.07) is 18.2. The molecule has 0 unspecified atom stereocenters. The number of esters is 1. The fraction of sp³-hybridized carbons (Fsp3) is 0.200. The average molecular weight is 336 g/mol. The maximum atomic E-state index is 12.0. The molecule has 1 amide bonds. The Morgan fingerprint density at radius 2 is 1.88 bits per heavy atom. The number of amides is 1. The normalized spacial score (nSPS) is 13.2. The Labute approximate surface area is 146 Å². The van der Waals surface area contributed by atoms with E-state index in [1.165, 1.54) is 12.5 Å². The molecule has 0 radical (unpaired) electrons. The van der Waals surface area contributed by atoms with Crippen molar-refractivity contribution in [2.45, 2.75) is 18.9 Å². The summed E-state index contributed by atoms with van der Waals surface area (Å²) < 4.78 is 6.92. The van der Waals surface area contributed by atoms with Crippen LogP contribution in [0.5, 0.6) is 0 Å². The van der Waals surface area contributed by atoms with E-state index in [-0.39, 0.29) is 0 Å². The van der Waals surface area contributed by atoms with Crippen molar-refractivity contribution in [3.8, 4) is 5.69 Å². The Kier molecular flexibility index (Phi) is 4.57. The summed E-state index contributed by atoms with van der Waals surface area (Å²) in [6.45, 7) is 1.65. The van der Waals surface area contributed by atoms with Crippen molar-refractivity contribution in [3.05, 3.63) is 66.4 Å². The molecule has 0 aliphatic heterocycles. The van der Waals surface area contributed by atoms with E-state index in [1.807, 2.05) is 42.6 Å². The zero-order valence-electron chi connectivity index (χ0n) is 14.2. The number of methoxy groups -OCH3 is 1. The van der Waals surface area contributed by atoms with Gasteiger partial charge in [-0.1, -0.05) is 30.3 Å². The molecule has 1 heterocycles. The standard InChI is InChI=1S/C20H20N2O3/c1-20(21-14-23,19(24)25-2)13-15-7-9-17(10-8-15)22-12-11-16-5-3-4-6-18(16)22/h3-12,14H,13H2,1-2H3,(H,21,23)/t20-/m1/s1. The third-order valence-electron chi connectivity index (χ3n) is 4.39. The van der Waals surface area contributed by atoms with Crippen LogP contribution in [0.4, 0.5) is 0 Å². The molecule has 2 aromatic carbocycles. The Bertz CT molecular complexity index is 899. The molecular formula is C20H20N2O3. The van der Waals surface area contributed by atoms with Gasteiger partial charge >= 0.3 is 5.97 Å². The fourth-order valence-corrected chi connectivity index (χ4v) is 3.03. The minimum atomic E-state index is -1.09. The van der Waals surface area contributed by atoms with Crippen LogP contribution in [0.1, 0.15) is 12.5 Å². The van der Waals surface area contributed by atoms with Crippen molar-refractivity contribution >= 4 is 23.3 Å². The molecule has 128 valence electrons. The van der Waals surface area contributed by atoms with Gasteiger partial charge in [-0.3, -0.25) is 4.79 Å². The predicted octanol–water partition coefficient (Wildman–Crippen LogP) is 2.85. The number of ether oxygens (including phenoxy) is 1. The van der Waals surface area contributed by atoms with Crippen molar-refractivity contribution in [2.24, 2.45) is 0 Å². The average Bonchev–Trinajstić information content (AvgIpc) is 3.06. The van der Waals surface area contributed by atoms with Crippen LogP contribution < -0.4 is 5.32 Å². The maximum Gasteiger partial charge on any atom is 0.331 e. The van der Waals surface area contributed by atoms with Crippen LogP contribution in [-0.2, 0) is 20.7 Å². The summed E-state index contributed by atoms with van der Waals surface area (Å²) >= 11 is 0. The Balaban J connectivity index is 1.87. The summed E-state index contributed by atoms with van der Waals surface area (Å²) in [7, 11) is 1.31. The lowest BCUT2D eigenvalue weighted by Gasteiger charge is -2.26. The third kappa shape index (κ3) is 3.26. The maximum absolute atomic E-state index is 12.0. The molecule has 5 nitrogen and oxygen atoms in total. The summed E-state index contributed by atoms with van der Waals surface area (Å²) in [6.07, 6.45) is 2.91. The van der Waals surface area contributed by atoms with Gasteiger partial charge in [0.25, 0.3) is 0 Å². The van der Waals surface area contributed by atoms with Crippen LogP contribution in [0.15, 0.2) is 60.8 Å². The van der Waals surface area contributed by atoms with E-state index in [0.29, 0.717) is 12.8 Å². The zero-order chi connectivity index (χ0) is 17.9. The third-order valence-corrected chi connectivity index (χ3v) is 4.39. The topological polar surface area (TPSA) is 60.3 Å². The number of benzene rings is 2. The number of rotatable bonds is 6. The molecule has 25 heavy (non-hydrogen) atoms. The van der Waals surface area contributed by atoms with Gasteiger partial charge in [-0.05, 0) is 42.1 Å². The molecule has 0 aliphatic rings. The highest BCUT2D eigenvalue weighted by Crippen LogP contribution is 2.22. The molecule has 0 bridgehead atoms. The Hall–Kier alpha value is -3.08. The lowest BCUT2D eigenvalue weighted by molar-refractivity contribution is -0.148. The van der Waals surface area contributed by atoms with Crippen LogP contribution >= 0.6 is 0 Å². The minimum Gasteiger partial charge on any atom is -0.467 e. The largest absolute Gasteiger partial charge is 0.467 e. The van der Waals surface area contributed by atoms with E-state index < -0.39 is 11.5 Å². The quantitative estimate of drug-likeness (QED) is 0.556. The van der Waals surface area contributed by atoms with Crippen LogP contribution in [-0.4, -0.2) is 29.6 Å². The Morgan fingerprint density at radius 3 is 2.56 bits per heavy atom. The van der Waals surface area contributed by atoms with Gasteiger partial charge in [0.1, 0.15) is 5.54 Å². The molecule has 0 fully saturated rings. The van der Waals surface area contributed by atoms with Gasteiger partial charge < -0.3 is 14.6 Å². The number of carbonyl (C=O) groups is 2. The second-order valence-corrected chi connectivity index (χ2v) is 6.17. The van der Waals surface area contributed by atoms with E-state index in [2.05, 4.69) is 28.1 Å². The molecule has 0 saturated carbocycles. The molecule has 1 atom stereocenters. The van der Waals surface area contributed by atoms with Gasteiger partial charge in [0.05, 0.1) is 12.6 Å². The second kappa shape index (κ2) is 6.81. The fourth-order valence-electron chi connectivity index (χ4n) is 3.03. The first-order valence-electron chi connectivity index (χ1n) is 8.02. The molecular weight excluding hydrogens is 316 g/mol. The smallest absolute Gasteiger partial charge is 0.331 e. The van der Waals surface area contributed by atoms with Gasteiger partial charge in [-0.2, -0.15) is 0 Å². The van der Waals surface area contributed by atoms with Gasteiger partial charge in [0, 0.05) is 18.3 Å². The lowest BCUT2D eigenvalue weighted by Crippen LogP contribution is -2.51. The first-order valence-corrected chi connectivity index (χ1v) is 8.02. The van der Waals surface area contributed by atoms with Crippen LogP contribution in [0.2, 0.25) is 0 Å². The second-order valence-electron chi connectivity index (χ2n) is 6.17. The summed E-state index contributed by atoms with van der Waals surface area (Å²) in [5, 5.41) is 3.74. The molecule has 0 saturated heterocycles. The van der Waals surface area contributed by atoms with E-state index >= 15 is 0 Å². The number of para-hydroxylation sites is 1. The van der Waals surface area contributed by atoms with Crippen molar-refractivity contribution in [1.29, 1.82) is 0 Å². The van der Waals surface area contributed by atoms with E-state index in [9.17, 15) is 9.59 Å². The van der Waals surface area contributed by atoms with E-state index in [1.54, 1.807) is 6.92 Å². The van der Waals surface area contributed by atoms with Crippen LogP contribution in [0.3, 0.4) is 0 Å². The highest BCUT2D eigenvalue weighted by Gasteiger charge is 2.34. The van der Waals surface area contributed by atoms with Crippen molar-refractivity contribution in [2.75, 3.05) is 7.11 Å². The van der Waals surface area contributed by atoms with Crippen LogP contribution in [0, 0.1) is 0 Å². The van der Waals surface area contributed by atoms with Gasteiger partial charge in [-0.15, -0.1) is 0 Å². The SMILES string of the molecule is COC(=O)[C@@](C)(Cc1ccc(-n2ccc3ccccc32)cc1)NC=O. The molecule has 5 heteroatoms. The number of nitrogens with zero attached hydrogens (tertiary/aromatic N) is 1. The highest BCUT2D eigenvalue weighted by atomic mass is 16.5. The molecule has 3 rings (SSSR count). The lowest BCUT2D eigenvalue weighted by atomic mass is 9.93. The predicted molar refractivity (Wildman–Crippen MR) is 96.6 cm³/mol. The first kappa shape index (κ1) is 16.8. The molecule has 1 N–H and O–H groups in total. The number of fused-ring (bicyclic) bond motifs is 1. The zero-order valence-corrected chi connectivity index (χ0v) is 14.2. The number of nitrogens with one attached hydrogen (secondary N) is 1. The van der Waals surface area contributed by atoms with Gasteiger partial charge in [0.2, 0.25) is 6.41 Å². The van der Waals surface area contributed by atoms with Gasteiger partial charge in [0.15, 0.2) is 0 Å². The van der Waals surface area contributed by atoms with Crippen molar-refractivity contribution in [1.82, 2.24) is 9.88 Å². The Morgan fingerprint density at radius 1 is 1.16 bits per heavy atom. The summed E-state index contributed by atoms with van der Waals surface area (Å²) in [4.78, 5) is 22.8. The van der Waals surface area contributed by atoms with Crippen LogP contribution in [0.25, 0.3) is 16.6 Å². The molecule has 1 aromatic heterocycles. The molecule has 0 aliphatic carbocycles. The number of carbonyl (C=O) groups excluding carboxylic acids is 2. The van der Waals surface area contributed by atoms with Crippen molar-refractivity contribution in [3.63, 3.8) is 0 Å². The van der Waals surface area contributed by atoms with E-state index in [4.69, 9.17) is 4.74 Å². The summed E-state index contributed by atoms with van der Waals surface area (Å²) in [5.41, 5.74) is 2.02. The first-order chi connectivity index (χ1) is 12.1. The number of hydrogen-bond donors (Lipinski definition) is 1. The number of hydrogen-bond acceptors (Lipinski definition) is 3. The van der Waals surface area contributed by atoms with E-state index in [0.717, 1.165) is 16.8 Å². The minimum absolute atomic E-state index is 0.352. The monoisotopic (exact) mass is 336 g/mol.